The van der Waals surface area contributed by atoms with Crippen molar-refractivity contribution in [3.63, 3.8) is 0 Å². The Bertz CT molecular complexity index is 1510. The first-order valence-electron chi connectivity index (χ1n) is 9.46. The zero-order valence-corrected chi connectivity index (χ0v) is 19.5. The van der Waals surface area contributed by atoms with Crippen molar-refractivity contribution in [1.29, 1.82) is 0 Å². The fraction of sp³-hybridized carbons (Fsp3) is 0.0909. The summed E-state index contributed by atoms with van der Waals surface area (Å²) in [6.07, 6.45) is 7.66. The summed E-state index contributed by atoms with van der Waals surface area (Å²) < 4.78 is 46.2. The lowest BCUT2D eigenvalue weighted by Crippen LogP contribution is -2.19. The van der Waals surface area contributed by atoms with Gasteiger partial charge in [-0.3, -0.25) is 9.59 Å². The van der Waals surface area contributed by atoms with E-state index in [0.29, 0.717) is 11.1 Å². The number of hydrogen-bond donors (Lipinski definition) is 0. The molecular formula is C22H16N4O6S2. The quantitative estimate of drug-likeness (QED) is 0.453. The smallest absolute Gasteiger partial charge is 0.361 e. The summed E-state index contributed by atoms with van der Waals surface area (Å²) in [5, 5.41) is 0. The van der Waals surface area contributed by atoms with Crippen LogP contribution in [0.4, 0.5) is 0 Å². The summed E-state index contributed by atoms with van der Waals surface area (Å²) in [5.74, 6) is -0.981. The molecule has 0 amide bonds. The fourth-order valence-corrected chi connectivity index (χ4v) is 5.19. The van der Waals surface area contributed by atoms with Gasteiger partial charge in [0.1, 0.15) is 0 Å². The van der Waals surface area contributed by atoms with Crippen molar-refractivity contribution in [1.82, 2.24) is 0 Å². The first kappa shape index (κ1) is 24.6. The molecule has 0 atom stereocenters. The lowest BCUT2D eigenvalue weighted by Gasteiger charge is -2.10. The Morgan fingerprint density at radius 2 is 0.971 bits per heavy atom. The molecular weight excluding hydrogens is 480 g/mol. The first-order chi connectivity index (χ1) is 15.9. The van der Waals surface area contributed by atoms with Crippen LogP contribution in [-0.2, 0) is 19.7 Å². The maximum atomic E-state index is 11.8. The van der Waals surface area contributed by atoms with Crippen LogP contribution in [0, 0.1) is 0 Å². The molecule has 0 unspecified atom stereocenters. The van der Waals surface area contributed by atoms with E-state index in [4.69, 9.17) is 11.1 Å². The topological polar surface area (TPSA) is 175 Å². The van der Waals surface area contributed by atoms with Crippen molar-refractivity contribution in [2.45, 2.75) is 9.79 Å². The molecule has 0 radical (unpaired) electrons. The van der Waals surface area contributed by atoms with E-state index >= 15 is 0 Å². The van der Waals surface area contributed by atoms with E-state index in [1.165, 1.54) is 60.7 Å². The number of Topliss-reactive ketones (excluding diaryl/α,β-unsaturated/α-hetero) is 2. The Balaban J connectivity index is 0.000000191. The van der Waals surface area contributed by atoms with Gasteiger partial charge >= 0.3 is 11.4 Å². The molecule has 0 spiro atoms. The average Bonchev–Trinajstić information content (AvgIpc) is 2.78. The van der Waals surface area contributed by atoms with Gasteiger partial charge in [0.25, 0.3) is 11.6 Å². The highest BCUT2D eigenvalue weighted by molar-refractivity contribution is 7.91. The van der Waals surface area contributed by atoms with Crippen LogP contribution in [0.15, 0.2) is 58.3 Å². The van der Waals surface area contributed by atoms with Crippen molar-refractivity contribution in [3.8, 4) is 0 Å². The maximum absolute atomic E-state index is 11.8. The second-order valence-electron chi connectivity index (χ2n) is 7.27. The highest BCUT2D eigenvalue weighted by Crippen LogP contribution is 2.26. The van der Waals surface area contributed by atoms with Gasteiger partial charge in [-0.1, -0.05) is 24.3 Å². The Morgan fingerprint density at radius 1 is 0.618 bits per heavy atom. The summed E-state index contributed by atoms with van der Waals surface area (Å²) >= 11 is 0. The Kier molecular flexibility index (Phi) is 6.53. The third-order valence-corrected chi connectivity index (χ3v) is 7.23. The molecule has 0 bridgehead atoms. The van der Waals surface area contributed by atoms with Crippen LogP contribution in [-0.4, -0.2) is 61.9 Å². The van der Waals surface area contributed by atoms with Crippen LogP contribution in [0.2, 0.25) is 0 Å². The summed E-state index contributed by atoms with van der Waals surface area (Å²) in [5.41, 5.74) is 18.1. The zero-order chi connectivity index (χ0) is 25.3. The number of carbonyl (C=O) groups excluding carboxylic acids is 2. The van der Waals surface area contributed by atoms with Gasteiger partial charge in [-0.05, 0) is 24.3 Å². The molecule has 172 valence electrons. The molecule has 0 heterocycles. The highest BCUT2D eigenvalue weighted by Gasteiger charge is 2.29. The third kappa shape index (κ3) is 4.66. The predicted molar refractivity (Wildman–Crippen MR) is 123 cm³/mol. The molecule has 34 heavy (non-hydrogen) atoms. The number of nitrogens with zero attached hydrogens (tertiary/aromatic N) is 4. The Labute approximate surface area is 194 Å². The molecule has 0 saturated carbocycles. The number of sulfone groups is 2. The molecule has 0 N–H and O–H groups in total. The van der Waals surface area contributed by atoms with Crippen LogP contribution in [0.3, 0.4) is 0 Å². The van der Waals surface area contributed by atoms with Crippen LogP contribution in [0.25, 0.3) is 23.2 Å². The Hall–Kier alpha value is -4.08. The summed E-state index contributed by atoms with van der Waals surface area (Å²) in [4.78, 5) is 29.5. The predicted octanol–water partition coefficient (Wildman–Crippen LogP) is 1.94. The van der Waals surface area contributed by atoms with E-state index < -0.39 is 31.2 Å². The van der Waals surface area contributed by atoms with Gasteiger partial charge in [0.2, 0.25) is 0 Å². The molecule has 0 aromatic heterocycles. The summed E-state index contributed by atoms with van der Waals surface area (Å²) in [6.45, 7) is 0. The van der Waals surface area contributed by atoms with Crippen LogP contribution < -0.4 is 0 Å². The second-order valence-corrected chi connectivity index (χ2v) is 11.2. The standard InChI is InChI=1S/2C11H8N2O3S/c2*1-17(15,16)10-4-2-3-8-7(10)5-6-9(13-12)11(8)14/h2*2-6H,1H3. The molecule has 10 nitrogen and oxygen atoms in total. The van der Waals surface area contributed by atoms with E-state index in [9.17, 15) is 26.4 Å². The van der Waals surface area contributed by atoms with E-state index in [1.54, 1.807) is 0 Å². The zero-order valence-electron chi connectivity index (χ0n) is 17.8. The van der Waals surface area contributed by atoms with E-state index in [0.717, 1.165) is 12.5 Å². The van der Waals surface area contributed by atoms with Gasteiger partial charge in [-0.2, -0.15) is 9.58 Å². The number of allylic oxidation sites excluding steroid dienone is 2. The first-order valence-corrected chi connectivity index (χ1v) is 13.2. The molecule has 0 aliphatic heterocycles. The van der Waals surface area contributed by atoms with E-state index in [2.05, 4.69) is 9.58 Å². The Morgan fingerprint density at radius 3 is 1.26 bits per heavy atom. The van der Waals surface area contributed by atoms with Crippen molar-refractivity contribution in [2.75, 3.05) is 12.5 Å². The minimum Gasteiger partial charge on any atom is -0.361 e. The highest BCUT2D eigenvalue weighted by atomic mass is 32.2. The molecule has 2 aliphatic carbocycles. The lowest BCUT2D eigenvalue weighted by molar-refractivity contribution is -0.00459. The summed E-state index contributed by atoms with van der Waals surface area (Å²) in [6, 6.07) is 8.85. The third-order valence-electron chi connectivity index (χ3n) is 4.92. The van der Waals surface area contributed by atoms with Gasteiger partial charge in [0, 0.05) is 46.9 Å². The van der Waals surface area contributed by atoms with Crippen LogP contribution in [0.1, 0.15) is 31.8 Å². The second kappa shape index (κ2) is 9.05. The number of carbonyl (C=O) groups is 2. The monoisotopic (exact) mass is 496 g/mol. The summed E-state index contributed by atoms with van der Waals surface area (Å²) in [7, 11) is -6.80. The van der Waals surface area contributed by atoms with Crippen molar-refractivity contribution in [3.05, 3.63) is 81.9 Å². The molecule has 0 fully saturated rings. The SMILES string of the molecule is CS(=O)(=O)c1cccc2c1C=CC(=[N+]=[N-])C2=O.CS(=O)(=O)c1cccc2c1C=CC(=[N+]=[N-])C2=O. The number of rotatable bonds is 2. The van der Waals surface area contributed by atoms with Crippen molar-refractivity contribution < 1.29 is 36.0 Å². The van der Waals surface area contributed by atoms with Gasteiger partial charge < -0.3 is 11.1 Å². The van der Waals surface area contributed by atoms with Gasteiger partial charge in [0.05, 0.1) is 9.79 Å². The minimum absolute atomic E-state index is 0.0941. The molecule has 2 aromatic carbocycles. The minimum atomic E-state index is -3.40. The van der Waals surface area contributed by atoms with Crippen LogP contribution >= 0.6 is 0 Å². The van der Waals surface area contributed by atoms with Crippen molar-refractivity contribution in [2.24, 2.45) is 0 Å². The van der Waals surface area contributed by atoms with E-state index in [1.807, 2.05) is 0 Å². The number of fused-ring (bicyclic) bond motifs is 2. The van der Waals surface area contributed by atoms with Gasteiger partial charge in [-0.25, -0.2) is 16.8 Å². The average molecular weight is 497 g/mol. The molecule has 12 heteroatoms. The maximum Gasteiger partial charge on any atom is 0.362 e. The fourth-order valence-electron chi connectivity index (χ4n) is 3.38. The number of hydrogen-bond acceptors (Lipinski definition) is 6. The molecule has 0 saturated heterocycles. The molecule has 2 aliphatic rings. The van der Waals surface area contributed by atoms with E-state index in [-0.39, 0.29) is 32.3 Å². The van der Waals surface area contributed by atoms with Gasteiger partial charge in [0.15, 0.2) is 19.7 Å². The van der Waals surface area contributed by atoms with Crippen molar-refractivity contribution >= 4 is 54.8 Å². The van der Waals surface area contributed by atoms with Crippen LogP contribution in [0.5, 0.6) is 0 Å². The number of benzene rings is 2. The largest absolute Gasteiger partial charge is 0.362 e. The number of ketones is 2. The lowest BCUT2D eigenvalue weighted by atomic mass is 9.95. The molecule has 2 aromatic rings. The normalized spacial score (nSPS) is 14.4. The molecule has 4 rings (SSSR count). The van der Waals surface area contributed by atoms with Gasteiger partial charge in [-0.15, -0.1) is 0 Å².